The normalized spacial score (nSPS) is 15.3. The Kier molecular flexibility index (Phi) is 7.50. The number of ether oxygens (including phenoxy) is 1. The first-order valence-corrected chi connectivity index (χ1v) is 10.2. The Balaban J connectivity index is 1.56. The van der Waals surface area contributed by atoms with Gasteiger partial charge in [0.1, 0.15) is 11.9 Å². The lowest BCUT2D eigenvalue weighted by atomic mass is 9.96. The van der Waals surface area contributed by atoms with Crippen molar-refractivity contribution in [3.8, 4) is 5.75 Å². The minimum atomic E-state index is -0.968. The number of hydrogen-bond acceptors (Lipinski definition) is 3. The lowest BCUT2D eigenvalue weighted by Gasteiger charge is -2.23. The van der Waals surface area contributed by atoms with Crippen molar-refractivity contribution in [1.82, 2.24) is 10.6 Å². The predicted octanol–water partition coefficient (Wildman–Crippen LogP) is 4.53. The molecule has 2 amide bonds. The largest absolute Gasteiger partial charge is 0.486 e. The fourth-order valence-electron chi connectivity index (χ4n) is 3.60. The number of aromatic carboxylic acids is 1. The summed E-state index contributed by atoms with van der Waals surface area (Å²) in [5.74, 6) is -0.375. The van der Waals surface area contributed by atoms with Gasteiger partial charge in [-0.15, -0.1) is 0 Å². The maximum absolute atomic E-state index is 12.2. The first-order chi connectivity index (χ1) is 14.1. The van der Waals surface area contributed by atoms with Crippen molar-refractivity contribution in [3.63, 3.8) is 0 Å². The molecule has 1 unspecified atom stereocenters. The highest BCUT2D eigenvalue weighted by molar-refractivity contribution is 5.87. The van der Waals surface area contributed by atoms with Gasteiger partial charge in [0.2, 0.25) is 0 Å². The third-order valence-corrected chi connectivity index (χ3v) is 5.18. The summed E-state index contributed by atoms with van der Waals surface area (Å²) >= 11 is 0. The molecule has 0 spiro atoms. The molecule has 1 aliphatic rings. The van der Waals surface area contributed by atoms with Gasteiger partial charge < -0.3 is 20.5 Å². The molecule has 3 rings (SSSR count). The highest BCUT2D eigenvalue weighted by Gasteiger charge is 2.17. The van der Waals surface area contributed by atoms with E-state index in [9.17, 15) is 9.59 Å². The van der Waals surface area contributed by atoms with Crippen molar-refractivity contribution in [2.24, 2.45) is 0 Å². The first kappa shape index (κ1) is 20.7. The number of rotatable bonds is 8. The molecule has 1 aliphatic carbocycles. The van der Waals surface area contributed by atoms with Gasteiger partial charge in [-0.1, -0.05) is 49.6 Å². The summed E-state index contributed by atoms with van der Waals surface area (Å²) < 4.78 is 6.10. The van der Waals surface area contributed by atoms with E-state index < -0.39 is 5.97 Å². The third kappa shape index (κ3) is 6.52. The lowest BCUT2D eigenvalue weighted by molar-refractivity contribution is 0.0696. The van der Waals surface area contributed by atoms with Crippen LogP contribution in [0.1, 0.15) is 60.6 Å². The van der Waals surface area contributed by atoms with Gasteiger partial charge in [-0.2, -0.15) is 0 Å². The van der Waals surface area contributed by atoms with Gasteiger partial charge in [0, 0.05) is 19.0 Å². The quantitative estimate of drug-likeness (QED) is 0.612. The standard InChI is InChI=1S/C23H28N2O4/c26-22(27)18-11-13-20(14-12-18)29-21(17-7-3-1-4-8-17)15-16-24-23(28)25-19-9-5-2-6-10-19/h1,3-4,7-8,11-14,19,21H,2,5-6,9-10,15-16H2,(H,26,27)(H2,24,25,28). The van der Waals surface area contributed by atoms with Crippen LogP contribution < -0.4 is 15.4 Å². The van der Waals surface area contributed by atoms with Crippen molar-refractivity contribution in [3.05, 3.63) is 65.7 Å². The lowest BCUT2D eigenvalue weighted by Crippen LogP contribution is -2.43. The van der Waals surface area contributed by atoms with Crippen molar-refractivity contribution < 1.29 is 19.4 Å². The molecule has 1 fully saturated rings. The van der Waals surface area contributed by atoms with Gasteiger partial charge in [0.15, 0.2) is 0 Å². The Morgan fingerprint density at radius 3 is 2.34 bits per heavy atom. The van der Waals surface area contributed by atoms with Crippen molar-refractivity contribution in [1.29, 1.82) is 0 Å². The topological polar surface area (TPSA) is 87.7 Å². The summed E-state index contributed by atoms with van der Waals surface area (Å²) in [5.41, 5.74) is 1.22. The Morgan fingerprint density at radius 2 is 1.69 bits per heavy atom. The van der Waals surface area contributed by atoms with Crippen LogP contribution in [0.3, 0.4) is 0 Å². The Hall–Kier alpha value is -3.02. The highest BCUT2D eigenvalue weighted by atomic mass is 16.5. The molecular weight excluding hydrogens is 368 g/mol. The summed E-state index contributed by atoms with van der Waals surface area (Å²) in [7, 11) is 0. The molecule has 6 nitrogen and oxygen atoms in total. The second kappa shape index (κ2) is 10.5. The number of carboxylic acid groups (broad SMARTS) is 1. The van der Waals surface area contributed by atoms with Gasteiger partial charge in [-0.3, -0.25) is 0 Å². The summed E-state index contributed by atoms with van der Waals surface area (Å²) in [4.78, 5) is 23.2. The van der Waals surface area contributed by atoms with Crippen LogP contribution in [0.2, 0.25) is 0 Å². The fraction of sp³-hybridized carbons (Fsp3) is 0.391. The van der Waals surface area contributed by atoms with Crippen LogP contribution in [0.15, 0.2) is 54.6 Å². The molecule has 1 atom stereocenters. The second-order valence-corrected chi connectivity index (χ2v) is 7.37. The van der Waals surface area contributed by atoms with Gasteiger partial charge in [0.05, 0.1) is 5.56 Å². The summed E-state index contributed by atoms with van der Waals surface area (Å²) in [5, 5.41) is 15.0. The SMILES string of the molecule is O=C(NCCC(Oc1ccc(C(=O)O)cc1)c1ccccc1)NC1CCCCC1. The van der Waals surface area contributed by atoms with Crippen LogP contribution in [0, 0.1) is 0 Å². The molecular formula is C23H28N2O4. The molecule has 0 saturated heterocycles. The third-order valence-electron chi connectivity index (χ3n) is 5.18. The first-order valence-electron chi connectivity index (χ1n) is 10.2. The van der Waals surface area contributed by atoms with Gasteiger partial charge in [-0.25, -0.2) is 9.59 Å². The zero-order chi connectivity index (χ0) is 20.5. The fourth-order valence-corrected chi connectivity index (χ4v) is 3.60. The predicted molar refractivity (Wildman–Crippen MR) is 111 cm³/mol. The number of carbonyl (C=O) groups excluding carboxylic acids is 1. The number of urea groups is 1. The minimum absolute atomic E-state index is 0.130. The summed E-state index contributed by atoms with van der Waals surface area (Å²) in [6.45, 7) is 0.478. The van der Waals surface area contributed by atoms with Gasteiger partial charge in [-0.05, 0) is 42.7 Å². The molecule has 2 aromatic carbocycles. The number of carbonyl (C=O) groups is 2. The minimum Gasteiger partial charge on any atom is -0.486 e. The average Bonchev–Trinajstić information content (AvgIpc) is 2.75. The monoisotopic (exact) mass is 396 g/mol. The van der Waals surface area contributed by atoms with E-state index in [1.54, 1.807) is 12.1 Å². The van der Waals surface area contributed by atoms with E-state index in [0.717, 1.165) is 18.4 Å². The van der Waals surface area contributed by atoms with E-state index >= 15 is 0 Å². The average molecular weight is 396 g/mol. The van der Waals surface area contributed by atoms with Crippen LogP contribution in [-0.2, 0) is 0 Å². The maximum atomic E-state index is 12.2. The maximum Gasteiger partial charge on any atom is 0.335 e. The number of benzene rings is 2. The molecule has 0 aliphatic heterocycles. The van der Waals surface area contributed by atoms with Crippen LogP contribution >= 0.6 is 0 Å². The number of nitrogens with one attached hydrogen (secondary N) is 2. The van der Waals surface area contributed by atoms with Gasteiger partial charge in [0.25, 0.3) is 0 Å². The number of amides is 2. The molecule has 1 saturated carbocycles. The van der Waals surface area contributed by atoms with E-state index in [4.69, 9.17) is 9.84 Å². The Morgan fingerprint density at radius 1 is 1.00 bits per heavy atom. The summed E-state index contributed by atoms with van der Waals surface area (Å²) in [6.07, 6.45) is 6.06. The number of carboxylic acids is 1. The van der Waals surface area contributed by atoms with Crippen molar-refractivity contribution in [2.45, 2.75) is 50.7 Å². The van der Waals surface area contributed by atoms with Crippen LogP contribution in [-0.4, -0.2) is 29.7 Å². The smallest absolute Gasteiger partial charge is 0.335 e. The van der Waals surface area contributed by atoms with Crippen LogP contribution in [0.25, 0.3) is 0 Å². The Bertz CT molecular complexity index is 786. The van der Waals surface area contributed by atoms with Gasteiger partial charge >= 0.3 is 12.0 Å². The second-order valence-electron chi connectivity index (χ2n) is 7.37. The Labute approximate surface area is 171 Å². The van der Waals surface area contributed by atoms with E-state index in [1.807, 2.05) is 30.3 Å². The zero-order valence-corrected chi connectivity index (χ0v) is 16.5. The highest BCUT2D eigenvalue weighted by Crippen LogP contribution is 2.25. The van der Waals surface area contributed by atoms with E-state index in [0.29, 0.717) is 18.7 Å². The van der Waals surface area contributed by atoms with E-state index in [-0.39, 0.29) is 23.7 Å². The van der Waals surface area contributed by atoms with Crippen LogP contribution in [0.5, 0.6) is 5.75 Å². The zero-order valence-electron chi connectivity index (χ0n) is 16.5. The molecule has 0 heterocycles. The van der Waals surface area contributed by atoms with Crippen molar-refractivity contribution >= 4 is 12.0 Å². The molecule has 0 radical (unpaired) electrons. The van der Waals surface area contributed by atoms with E-state index in [1.165, 1.54) is 31.4 Å². The number of hydrogen-bond donors (Lipinski definition) is 3. The molecule has 0 bridgehead atoms. The molecule has 29 heavy (non-hydrogen) atoms. The molecule has 154 valence electrons. The summed E-state index contributed by atoms with van der Waals surface area (Å²) in [6, 6.07) is 16.3. The van der Waals surface area contributed by atoms with E-state index in [2.05, 4.69) is 10.6 Å². The van der Waals surface area contributed by atoms with Crippen LogP contribution in [0.4, 0.5) is 4.79 Å². The molecule has 6 heteroatoms. The molecule has 0 aromatic heterocycles. The van der Waals surface area contributed by atoms with Crippen molar-refractivity contribution in [2.75, 3.05) is 6.54 Å². The molecule has 3 N–H and O–H groups in total. The molecule has 2 aromatic rings.